The lowest BCUT2D eigenvalue weighted by Gasteiger charge is -2.35. The molecule has 0 aromatic carbocycles. The molecule has 1 aromatic heterocycles. The number of pyridine rings is 1. The first kappa shape index (κ1) is 13.8. The zero-order chi connectivity index (χ0) is 14.0. The van der Waals surface area contributed by atoms with Crippen molar-refractivity contribution in [2.45, 2.75) is 33.2 Å². The highest BCUT2D eigenvalue weighted by Crippen LogP contribution is 2.23. The average Bonchev–Trinajstić information content (AvgIpc) is 2.32. The SMILES string of the molecule is Cc1cc(C)c(C#N)c(NC2CCN(C)CC2C)n1. The first-order valence-corrected chi connectivity index (χ1v) is 6.84. The summed E-state index contributed by atoms with van der Waals surface area (Å²) >= 11 is 0. The lowest BCUT2D eigenvalue weighted by molar-refractivity contribution is 0.206. The van der Waals surface area contributed by atoms with Crippen molar-refractivity contribution in [3.8, 4) is 6.07 Å². The number of hydrogen-bond donors (Lipinski definition) is 1. The van der Waals surface area contributed by atoms with Crippen molar-refractivity contribution < 1.29 is 0 Å². The maximum atomic E-state index is 9.29. The number of nitrogens with one attached hydrogen (secondary N) is 1. The topological polar surface area (TPSA) is 52.0 Å². The summed E-state index contributed by atoms with van der Waals surface area (Å²) in [5.41, 5.74) is 2.63. The van der Waals surface area contributed by atoms with Crippen LogP contribution in [0.3, 0.4) is 0 Å². The first-order valence-electron chi connectivity index (χ1n) is 6.84. The third-order valence-electron chi connectivity index (χ3n) is 3.89. The van der Waals surface area contributed by atoms with Gasteiger partial charge < -0.3 is 10.2 Å². The van der Waals surface area contributed by atoms with Gasteiger partial charge >= 0.3 is 0 Å². The summed E-state index contributed by atoms with van der Waals surface area (Å²) in [4.78, 5) is 6.86. The van der Waals surface area contributed by atoms with E-state index < -0.39 is 0 Å². The predicted octanol–water partition coefficient (Wildman–Crippen LogP) is 2.32. The van der Waals surface area contributed by atoms with E-state index in [0.717, 1.165) is 36.6 Å². The van der Waals surface area contributed by atoms with E-state index in [-0.39, 0.29) is 0 Å². The maximum absolute atomic E-state index is 9.29. The van der Waals surface area contributed by atoms with E-state index in [4.69, 9.17) is 0 Å². The minimum atomic E-state index is 0.400. The summed E-state index contributed by atoms with van der Waals surface area (Å²) in [6.07, 6.45) is 1.09. The van der Waals surface area contributed by atoms with E-state index in [1.165, 1.54) is 0 Å². The molecule has 2 heterocycles. The van der Waals surface area contributed by atoms with Crippen LogP contribution in [0.1, 0.15) is 30.2 Å². The van der Waals surface area contributed by atoms with Crippen LogP contribution in [0.2, 0.25) is 0 Å². The Balaban J connectivity index is 2.22. The largest absolute Gasteiger partial charge is 0.366 e. The fourth-order valence-corrected chi connectivity index (χ4v) is 2.83. The lowest BCUT2D eigenvalue weighted by Crippen LogP contribution is -2.43. The Kier molecular flexibility index (Phi) is 4.06. The summed E-state index contributed by atoms with van der Waals surface area (Å²) in [5, 5.41) is 12.8. The second kappa shape index (κ2) is 5.58. The molecule has 2 unspecified atom stereocenters. The van der Waals surface area contributed by atoms with Gasteiger partial charge in [0, 0.05) is 18.3 Å². The minimum Gasteiger partial charge on any atom is -0.366 e. The smallest absolute Gasteiger partial charge is 0.144 e. The van der Waals surface area contributed by atoms with E-state index in [2.05, 4.69) is 35.2 Å². The molecule has 0 aliphatic carbocycles. The number of nitriles is 1. The molecule has 0 saturated carbocycles. The molecule has 2 rings (SSSR count). The molecular weight excluding hydrogens is 236 g/mol. The molecule has 1 N–H and O–H groups in total. The van der Waals surface area contributed by atoms with Gasteiger partial charge in [-0.25, -0.2) is 4.98 Å². The quantitative estimate of drug-likeness (QED) is 0.884. The highest BCUT2D eigenvalue weighted by molar-refractivity contribution is 5.56. The highest BCUT2D eigenvalue weighted by Gasteiger charge is 2.25. The van der Waals surface area contributed by atoms with Crippen molar-refractivity contribution in [2.75, 3.05) is 25.5 Å². The van der Waals surface area contributed by atoms with Gasteiger partial charge in [0.2, 0.25) is 0 Å². The number of hydrogen-bond acceptors (Lipinski definition) is 4. The number of aromatic nitrogens is 1. The normalized spacial score (nSPS) is 23.9. The minimum absolute atomic E-state index is 0.400. The molecule has 1 aliphatic rings. The van der Waals surface area contributed by atoms with Gasteiger partial charge in [-0.3, -0.25) is 0 Å². The zero-order valence-electron chi connectivity index (χ0n) is 12.2. The number of piperidine rings is 1. The van der Waals surface area contributed by atoms with Crippen LogP contribution in [0.4, 0.5) is 5.82 Å². The van der Waals surface area contributed by atoms with E-state index in [1.54, 1.807) is 0 Å². The summed E-state index contributed by atoms with van der Waals surface area (Å²) in [7, 11) is 2.16. The van der Waals surface area contributed by atoms with Gasteiger partial charge in [0.05, 0.1) is 5.56 Å². The fraction of sp³-hybridized carbons (Fsp3) is 0.600. The van der Waals surface area contributed by atoms with Crippen molar-refractivity contribution >= 4 is 5.82 Å². The summed E-state index contributed by atoms with van der Waals surface area (Å²) in [5.74, 6) is 1.31. The highest BCUT2D eigenvalue weighted by atomic mass is 15.1. The van der Waals surface area contributed by atoms with Crippen LogP contribution in [-0.2, 0) is 0 Å². The van der Waals surface area contributed by atoms with Gasteiger partial charge in [0.25, 0.3) is 0 Å². The number of anilines is 1. The van der Waals surface area contributed by atoms with Crippen molar-refractivity contribution in [2.24, 2.45) is 5.92 Å². The van der Waals surface area contributed by atoms with E-state index in [9.17, 15) is 5.26 Å². The van der Waals surface area contributed by atoms with Crippen LogP contribution < -0.4 is 5.32 Å². The van der Waals surface area contributed by atoms with Gasteiger partial charge in [-0.1, -0.05) is 6.92 Å². The van der Waals surface area contributed by atoms with Crippen LogP contribution in [-0.4, -0.2) is 36.1 Å². The first-order chi connectivity index (χ1) is 9.01. The third kappa shape index (κ3) is 3.05. The van der Waals surface area contributed by atoms with Crippen molar-refractivity contribution in [1.29, 1.82) is 5.26 Å². The van der Waals surface area contributed by atoms with Crippen LogP contribution >= 0.6 is 0 Å². The van der Waals surface area contributed by atoms with Crippen molar-refractivity contribution in [1.82, 2.24) is 9.88 Å². The summed E-state index contributed by atoms with van der Waals surface area (Å²) in [6.45, 7) is 8.37. The Morgan fingerprint density at radius 1 is 1.47 bits per heavy atom. The van der Waals surface area contributed by atoms with Crippen molar-refractivity contribution in [3.63, 3.8) is 0 Å². The standard InChI is InChI=1S/C15H22N4/c1-10-7-12(3)17-15(13(10)8-16)18-14-5-6-19(4)9-11(14)2/h7,11,14H,5-6,9H2,1-4H3,(H,17,18). The fourth-order valence-electron chi connectivity index (χ4n) is 2.83. The van der Waals surface area contributed by atoms with E-state index >= 15 is 0 Å². The van der Waals surface area contributed by atoms with Gasteiger partial charge in [-0.15, -0.1) is 0 Å². The monoisotopic (exact) mass is 258 g/mol. The molecule has 0 radical (unpaired) electrons. The molecule has 4 heteroatoms. The molecule has 1 aliphatic heterocycles. The van der Waals surface area contributed by atoms with Crippen LogP contribution in [0, 0.1) is 31.1 Å². The van der Waals surface area contributed by atoms with Crippen molar-refractivity contribution in [3.05, 3.63) is 22.9 Å². The van der Waals surface area contributed by atoms with Gasteiger partial charge in [-0.2, -0.15) is 5.26 Å². The Morgan fingerprint density at radius 2 is 2.21 bits per heavy atom. The lowest BCUT2D eigenvalue weighted by atomic mass is 9.94. The Hall–Kier alpha value is -1.60. The molecule has 0 spiro atoms. The molecule has 1 saturated heterocycles. The van der Waals surface area contributed by atoms with Gasteiger partial charge in [-0.05, 0) is 51.4 Å². The number of likely N-dealkylation sites (tertiary alicyclic amines) is 1. The zero-order valence-corrected chi connectivity index (χ0v) is 12.2. The molecular formula is C15H22N4. The molecule has 2 atom stereocenters. The van der Waals surface area contributed by atoms with Gasteiger partial charge in [0.15, 0.2) is 0 Å². The number of aryl methyl sites for hydroxylation is 2. The third-order valence-corrected chi connectivity index (χ3v) is 3.89. The molecule has 19 heavy (non-hydrogen) atoms. The van der Waals surface area contributed by atoms with E-state index in [0.29, 0.717) is 17.5 Å². The number of rotatable bonds is 2. The molecule has 1 aromatic rings. The second-order valence-electron chi connectivity index (χ2n) is 5.69. The Bertz CT molecular complexity index is 504. The maximum Gasteiger partial charge on any atom is 0.144 e. The van der Waals surface area contributed by atoms with Crippen LogP contribution in [0.25, 0.3) is 0 Å². The second-order valence-corrected chi connectivity index (χ2v) is 5.69. The molecule has 1 fully saturated rings. The molecule has 0 amide bonds. The summed E-state index contributed by atoms with van der Waals surface area (Å²) in [6, 6.07) is 4.63. The Morgan fingerprint density at radius 3 is 2.84 bits per heavy atom. The van der Waals surface area contributed by atoms with E-state index in [1.807, 2.05) is 19.9 Å². The summed E-state index contributed by atoms with van der Waals surface area (Å²) < 4.78 is 0. The molecule has 102 valence electrons. The Labute approximate surface area is 115 Å². The average molecular weight is 258 g/mol. The predicted molar refractivity (Wildman–Crippen MR) is 77.1 cm³/mol. The van der Waals surface area contributed by atoms with Crippen LogP contribution in [0.5, 0.6) is 0 Å². The molecule has 0 bridgehead atoms. The van der Waals surface area contributed by atoms with Crippen LogP contribution in [0.15, 0.2) is 6.07 Å². The number of nitrogens with zero attached hydrogens (tertiary/aromatic N) is 3. The van der Waals surface area contributed by atoms with Gasteiger partial charge in [0.1, 0.15) is 11.9 Å². The molecule has 4 nitrogen and oxygen atoms in total.